The summed E-state index contributed by atoms with van der Waals surface area (Å²) in [5.41, 5.74) is -0.477. The van der Waals surface area contributed by atoms with E-state index in [1.165, 1.54) is 0 Å². The summed E-state index contributed by atoms with van der Waals surface area (Å²) >= 11 is 0. The van der Waals surface area contributed by atoms with Crippen molar-refractivity contribution in [1.82, 2.24) is 9.80 Å². The summed E-state index contributed by atoms with van der Waals surface area (Å²) in [6.07, 6.45) is 0.610. The summed E-state index contributed by atoms with van der Waals surface area (Å²) in [6, 6.07) is 0. The lowest BCUT2D eigenvalue weighted by Crippen LogP contribution is -2.36. The highest BCUT2D eigenvalue weighted by Gasteiger charge is 2.30. The summed E-state index contributed by atoms with van der Waals surface area (Å²) in [7, 11) is 1.78. The normalized spacial score (nSPS) is 19.8. The molecule has 1 rings (SSSR count). The summed E-state index contributed by atoms with van der Waals surface area (Å²) in [4.78, 5) is 25.9. The minimum absolute atomic E-state index is 0.0307. The van der Waals surface area contributed by atoms with Crippen LogP contribution in [-0.4, -0.2) is 65.8 Å². The first kappa shape index (κ1) is 15.8. The van der Waals surface area contributed by atoms with Gasteiger partial charge in [0.25, 0.3) is 0 Å². The summed E-state index contributed by atoms with van der Waals surface area (Å²) in [5.74, 6) is -0.513. The smallest absolute Gasteiger partial charge is 0.410 e. The number of nitrogens with zero attached hydrogens (tertiary/aromatic N) is 2. The van der Waals surface area contributed by atoms with Gasteiger partial charge in [-0.05, 0) is 40.2 Å². The molecule has 6 nitrogen and oxygen atoms in total. The van der Waals surface area contributed by atoms with E-state index in [1.54, 1.807) is 16.8 Å². The lowest BCUT2D eigenvalue weighted by molar-refractivity contribution is -0.138. The predicted molar refractivity (Wildman–Crippen MR) is 71.0 cm³/mol. The Morgan fingerprint density at radius 3 is 2.58 bits per heavy atom. The first-order valence-corrected chi connectivity index (χ1v) is 6.55. The van der Waals surface area contributed by atoms with E-state index >= 15 is 0 Å². The SMILES string of the molecule is CN(CC(=O)O)C[C@@H]1CCN(C(=O)OC(C)(C)C)C1. The monoisotopic (exact) mass is 272 g/mol. The minimum Gasteiger partial charge on any atom is -0.480 e. The van der Waals surface area contributed by atoms with Crippen LogP contribution in [0.25, 0.3) is 0 Å². The van der Waals surface area contributed by atoms with Crippen LogP contribution in [0.5, 0.6) is 0 Å². The molecule has 0 radical (unpaired) electrons. The molecule has 0 spiro atoms. The van der Waals surface area contributed by atoms with Crippen molar-refractivity contribution in [3.05, 3.63) is 0 Å². The van der Waals surface area contributed by atoms with Crippen LogP contribution in [0.4, 0.5) is 4.79 Å². The zero-order valence-corrected chi connectivity index (χ0v) is 12.2. The quantitative estimate of drug-likeness (QED) is 0.834. The second kappa shape index (κ2) is 6.23. The Labute approximate surface area is 114 Å². The molecule has 0 saturated carbocycles. The Hall–Kier alpha value is -1.30. The number of carboxylic acid groups (broad SMARTS) is 1. The third-order valence-corrected chi connectivity index (χ3v) is 2.91. The summed E-state index contributed by atoms with van der Waals surface area (Å²) in [5, 5.41) is 8.70. The standard InChI is InChI=1S/C13H24N2O4/c1-13(2,3)19-12(18)15-6-5-10(8-15)7-14(4)9-11(16)17/h10H,5-9H2,1-4H3,(H,16,17)/t10-/m0/s1. The number of carbonyl (C=O) groups is 2. The second-order valence-corrected chi connectivity index (χ2v) is 6.17. The van der Waals surface area contributed by atoms with E-state index in [2.05, 4.69) is 0 Å². The first-order chi connectivity index (χ1) is 8.67. The maximum Gasteiger partial charge on any atom is 0.410 e. The lowest BCUT2D eigenvalue weighted by atomic mass is 10.1. The Balaban J connectivity index is 2.37. The van der Waals surface area contributed by atoms with Crippen molar-refractivity contribution in [3.8, 4) is 0 Å². The van der Waals surface area contributed by atoms with E-state index in [-0.39, 0.29) is 12.6 Å². The van der Waals surface area contributed by atoms with Gasteiger partial charge in [-0.25, -0.2) is 4.79 Å². The Morgan fingerprint density at radius 1 is 1.42 bits per heavy atom. The average Bonchev–Trinajstić information content (AvgIpc) is 2.61. The molecule has 110 valence electrons. The van der Waals surface area contributed by atoms with Crippen LogP contribution in [0, 0.1) is 5.92 Å². The van der Waals surface area contributed by atoms with Gasteiger partial charge in [0.1, 0.15) is 5.60 Å². The molecule has 0 aliphatic carbocycles. The zero-order valence-electron chi connectivity index (χ0n) is 12.2. The van der Waals surface area contributed by atoms with E-state index in [0.29, 0.717) is 25.6 Å². The average molecular weight is 272 g/mol. The second-order valence-electron chi connectivity index (χ2n) is 6.17. The number of ether oxygens (including phenoxy) is 1. The maximum absolute atomic E-state index is 11.9. The van der Waals surface area contributed by atoms with E-state index in [9.17, 15) is 9.59 Å². The Morgan fingerprint density at radius 2 is 2.05 bits per heavy atom. The topological polar surface area (TPSA) is 70.1 Å². The van der Waals surface area contributed by atoms with Crippen LogP contribution in [-0.2, 0) is 9.53 Å². The number of rotatable bonds is 4. The molecule has 0 unspecified atom stereocenters. The molecule has 1 aliphatic rings. The van der Waals surface area contributed by atoms with Crippen LogP contribution < -0.4 is 0 Å². The number of aliphatic carboxylic acids is 1. The fourth-order valence-corrected chi connectivity index (χ4v) is 2.21. The number of likely N-dealkylation sites (tertiary alicyclic amines) is 1. The third-order valence-electron chi connectivity index (χ3n) is 2.91. The van der Waals surface area contributed by atoms with Gasteiger partial charge in [0.2, 0.25) is 0 Å². The molecule has 0 aromatic rings. The Kier molecular flexibility index (Phi) is 5.17. The molecule has 19 heavy (non-hydrogen) atoms. The fraction of sp³-hybridized carbons (Fsp3) is 0.846. The van der Waals surface area contributed by atoms with Crippen molar-refractivity contribution in [3.63, 3.8) is 0 Å². The number of carboxylic acids is 1. The first-order valence-electron chi connectivity index (χ1n) is 6.55. The highest BCUT2D eigenvalue weighted by atomic mass is 16.6. The highest BCUT2D eigenvalue weighted by molar-refractivity contribution is 5.69. The number of carbonyl (C=O) groups excluding carboxylic acids is 1. The summed E-state index contributed by atoms with van der Waals surface area (Å²) in [6.45, 7) is 7.57. The van der Waals surface area contributed by atoms with Crippen molar-refractivity contribution < 1.29 is 19.4 Å². The number of amides is 1. The molecule has 1 heterocycles. The molecule has 1 amide bonds. The van der Waals surface area contributed by atoms with E-state index in [4.69, 9.17) is 9.84 Å². The molecule has 1 N–H and O–H groups in total. The molecule has 0 aromatic heterocycles. The minimum atomic E-state index is -0.829. The van der Waals surface area contributed by atoms with Gasteiger partial charge < -0.3 is 14.7 Å². The summed E-state index contributed by atoms with van der Waals surface area (Å²) < 4.78 is 5.32. The van der Waals surface area contributed by atoms with Crippen LogP contribution in [0.15, 0.2) is 0 Å². The largest absolute Gasteiger partial charge is 0.480 e. The van der Waals surface area contributed by atoms with Gasteiger partial charge in [0.05, 0.1) is 6.54 Å². The molecule has 6 heteroatoms. The van der Waals surface area contributed by atoms with Gasteiger partial charge in [0, 0.05) is 19.6 Å². The predicted octanol–water partition coefficient (Wildman–Crippen LogP) is 1.26. The van der Waals surface area contributed by atoms with Gasteiger partial charge in [-0.15, -0.1) is 0 Å². The van der Waals surface area contributed by atoms with Crippen LogP contribution in [0.3, 0.4) is 0 Å². The fourth-order valence-electron chi connectivity index (χ4n) is 2.21. The van der Waals surface area contributed by atoms with E-state index < -0.39 is 11.6 Å². The molecule has 0 aromatic carbocycles. The molecule has 1 fully saturated rings. The molecule has 1 saturated heterocycles. The van der Waals surface area contributed by atoms with Crippen molar-refractivity contribution >= 4 is 12.1 Å². The van der Waals surface area contributed by atoms with E-state index in [1.807, 2.05) is 20.8 Å². The number of hydrogen-bond donors (Lipinski definition) is 1. The third kappa shape index (κ3) is 5.92. The Bertz CT molecular complexity index is 338. The maximum atomic E-state index is 11.9. The molecular weight excluding hydrogens is 248 g/mol. The van der Waals surface area contributed by atoms with Gasteiger partial charge in [-0.2, -0.15) is 0 Å². The van der Waals surface area contributed by atoms with Crippen molar-refractivity contribution in [2.45, 2.75) is 32.8 Å². The number of hydrogen-bond acceptors (Lipinski definition) is 4. The zero-order chi connectivity index (χ0) is 14.6. The number of likely N-dealkylation sites (N-methyl/N-ethyl adjacent to an activating group) is 1. The highest BCUT2D eigenvalue weighted by Crippen LogP contribution is 2.20. The van der Waals surface area contributed by atoms with Crippen molar-refractivity contribution in [2.75, 3.05) is 33.2 Å². The van der Waals surface area contributed by atoms with Crippen molar-refractivity contribution in [1.29, 1.82) is 0 Å². The van der Waals surface area contributed by atoms with Crippen molar-refractivity contribution in [2.24, 2.45) is 5.92 Å². The molecular formula is C13H24N2O4. The van der Waals surface area contributed by atoms with Gasteiger partial charge in [0.15, 0.2) is 0 Å². The van der Waals surface area contributed by atoms with Crippen LogP contribution in [0.2, 0.25) is 0 Å². The molecule has 1 aliphatic heterocycles. The van der Waals surface area contributed by atoms with Crippen LogP contribution in [0.1, 0.15) is 27.2 Å². The van der Waals surface area contributed by atoms with Gasteiger partial charge in [-0.3, -0.25) is 9.69 Å². The van der Waals surface area contributed by atoms with Crippen LogP contribution >= 0.6 is 0 Å². The van der Waals surface area contributed by atoms with Gasteiger partial charge >= 0.3 is 12.1 Å². The van der Waals surface area contributed by atoms with Gasteiger partial charge in [-0.1, -0.05) is 0 Å². The lowest BCUT2D eigenvalue weighted by Gasteiger charge is -2.25. The molecule has 0 bridgehead atoms. The van der Waals surface area contributed by atoms with E-state index in [0.717, 1.165) is 6.42 Å². The molecule has 1 atom stereocenters.